The van der Waals surface area contributed by atoms with E-state index in [1.807, 2.05) is 61.5 Å². The number of rotatable bonds is 6. The average molecular weight is 396 g/mol. The molecule has 1 atom stereocenters. The third-order valence-electron chi connectivity index (χ3n) is 4.84. The Morgan fingerprint density at radius 2 is 1.39 bits per heavy atom. The Hall–Kier alpha value is -2.63. The van der Waals surface area contributed by atoms with E-state index >= 15 is 0 Å². The topological polar surface area (TPSA) is 55.4 Å². The third-order valence-corrected chi connectivity index (χ3v) is 6.57. The summed E-state index contributed by atoms with van der Waals surface area (Å²) in [5.41, 5.74) is 4.16. The van der Waals surface area contributed by atoms with Gasteiger partial charge in [-0.2, -0.15) is 4.72 Å². The van der Waals surface area contributed by atoms with Crippen molar-refractivity contribution in [2.45, 2.75) is 31.7 Å². The van der Waals surface area contributed by atoms with Gasteiger partial charge in [0.25, 0.3) is 0 Å². The summed E-state index contributed by atoms with van der Waals surface area (Å²) in [4.78, 5) is 0.294. The Kier molecular flexibility index (Phi) is 5.87. The van der Waals surface area contributed by atoms with E-state index in [1.54, 1.807) is 33.1 Å². The van der Waals surface area contributed by atoms with Crippen LogP contribution in [0.25, 0.3) is 0 Å². The predicted molar refractivity (Wildman–Crippen MR) is 112 cm³/mol. The summed E-state index contributed by atoms with van der Waals surface area (Å²) in [5, 5.41) is 0. The van der Waals surface area contributed by atoms with Crippen molar-refractivity contribution in [2.75, 3.05) is 7.11 Å². The molecule has 28 heavy (non-hydrogen) atoms. The molecule has 0 saturated heterocycles. The number of hydrogen-bond acceptors (Lipinski definition) is 3. The second-order valence-corrected chi connectivity index (χ2v) is 8.56. The summed E-state index contributed by atoms with van der Waals surface area (Å²) in [7, 11) is -2.19. The normalized spacial score (nSPS) is 12.6. The van der Waals surface area contributed by atoms with Crippen molar-refractivity contribution in [1.82, 2.24) is 4.72 Å². The van der Waals surface area contributed by atoms with Crippen molar-refractivity contribution < 1.29 is 13.2 Å². The molecule has 0 bridgehead atoms. The van der Waals surface area contributed by atoms with Crippen molar-refractivity contribution in [3.8, 4) is 5.75 Å². The van der Waals surface area contributed by atoms with Gasteiger partial charge in [-0.15, -0.1) is 0 Å². The lowest BCUT2D eigenvalue weighted by Gasteiger charge is -2.23. The molecule has 5 heteroatoms. The SMILES string of the molecule is COc1cc(C)c(S(=O)(=O)N[C@@H](c2ccccc2)c2ccccc2C)c(C)c1. The Labute approximate surface area is 167 Å². The third kappa shape index (κ3) is 4.11. The molecule has 0 saturated carbocycles. The molecule has 0 spiro atoms. The molecule has 3 rings (SSSR count). The van der Waals surface area contributed by atoms with Gasteiger partial charge in [-0.05, 0) is 60.7 Å². The zero-order chi connectivity index (χ0) is 20.3. The van der Waals surface area contributed by atoms with Gasteiger partial charge in [0.15, 0.2) is 0 Å². The van der Waals surface area contributed by atoms with Crippen LogP contribution in [0.2, 0.25) is 0 Å². The summed E-state index contributed by atoms with van der Waals surface area (Å²) in [6.45, 7) is 5.56. The molecule has 0 aliphatic carbocycles. The van der Waals surface area contributed by atoms with Crippen LogP contribution < -0.4 is 9.46 Å². The lowest BCUT2D eigenvalue weighted by atomic mass is 9.96. The highest BCUT2D eigenvalue weighted by molar-refractivity contribution is 7.89. The van der Waals surface area contributed by atoms with Crippen LogP contribution in [0.3, 0.4) is 0 Å². The van der Waals surface area contributed by atoms with Crippen molar-refractivity contribution in [2.24, 2.45) is 0 Å². The molecule has 0 fully saturated rings. The van der Waals surface area contributed by atoms with Crippen molar-refractivity contribution in [3.63, 3.8) is 0 Å². The minimum absolute atomic E-state index is 0.294. The number of methoxy groups -OCH3 is 1. The van der Waals surface area contributed by atoms with Crippen LogP contribution in [0, 0.1) is 20.8 Å². The van der Waals surface area contributed by atoms with Gasteiger partial charge in [-0.25, -0.2) is 8.42 Å². The standard InChI is InChI=1S/C23H25NO3S/c1-16-10-8-9-13-21(16)22(19-11-6-5-7-12-19)24-28(25,26)23-17(2)14-20(27-4)15-18(23)3/h5-15,22,24H,1-4H3/t22-/m0/s1. The summed E-state index contributed by atoms with van der Waals surface area (Å²) in [6.07, 6.45) is 0. The van der Waals surface area contributed by atoms with Gasteiger partial charge >= 0.3 is 0 Å². The molecule has 0 radical (unpaired) electrons. The monoisotopic (exact) mass is 395 g/mol. The highest BCUT2D eigenvalue weighted by atomic mass is 32.2. The molecule has 1 N–H and O–H groups in total. The van der Waals surface area contributed by atoms with E-state index in [-0.39, 0.29) is 0 Å². The Bertz CT molecular complexity index is 1050. The molecule has 0 aliphatic heterocycles. The van der Waals surface area contributed by atoms with Crippen LogP contribution in [0.15, 0.2) is 71.6 Å². The minimum Gasteiger partial charge on any atom is -0.497 e. The van der Waals surface area contributed by atoms with Gasteiger partial charge in [0.05, 0.1) is 18.0 Å². The molecule has 4 nitrogen and oxygen atoms in total. The summed E-state index contributed by atoms with van der Waals surface area (Å²) >= 11 is 0. The molecule has 0 amide bonds. The maximum absolute atomic E-state index is 13.4. The van der Waals surface area contributed by atoms with Crippen molar-refractivity contribution >= 4 is 10.0 Å². The van der Waals surface area contributed by atoms with Crippen LogP contribution in [0.5, 0.6) is 5.75 Å². The smallest absolute Gasteiger partial charge is 0.241 e. The maximum Gasteiger partial charge on any atom is 0.241 e. The van der Waals surface area contributed by atoms with Gasteiger partial charge in [0, 0.05) is 0 Å². The predicted octanol–water partition coefficient (Wildman–Crippen LogP) is 4.69. The number of sulfonamides is 1. The Balaban J connectivity index is 2.10. The molecular weight excluding hydrogens is 370 g/mol. The molecular formula is C23H25NO3S. The fourth-order valence-electron chi connectivity index (χ4n) is 3.53. The van der Waals surface area contributed by atoms with Crippen LogP contribution in [0.4, 0.5) is 0 Å². The van der Waals surface area contributed by atoms with Gasteiger partial charge in [0.2, 0.25) is 10.0 Å². The maximum atomic E-state index is 13.4. The Morgan fingerprint density at radius 3 is 1.96 bits per heavy atom. The number of hydrogen-bond donors (Lipinski definition) is 1. The van der Waals surface area contributed by atoms with Crippen LogP contribution in [-0.4, -0.2) is 15.5 Å². The zero-order valence-corrected chi connectivity index (χ0v) is 17.4. The molecule has 146 valence electrons. The zero-order valence-electron chi connectivity index (χ0n) is 16.6. The van der Waals surface area contributed by atoms with E-state index in [0.717, 1.165) is 16.7 Å². The first-order chi connectivity index (χ1) is 13.3. The quantitative estimate of drug-likeness (QED) is 0.659. The fraction of sp³-hybridized carbons (Fsp3) is 0.217. The largest absolute Gasteiger partial charge is 0.497 e. The van der Waals surface area contributed by atoms with E-state index in [0.29, 0.717) is 21.8 Å². The van der Waals surface area contributed by atoms with Crippen molar-refractivity contribution in [1.29, 1.82) is 0 Å². The van der Waals surface area contributed by atoms with Crippen LogP contribution in [-0.2, 0) is 10.0 Å². The first-order valence-electron chi connectivity index (χ1n) is 9.11. The second-order valence-electron chi connectivity index (χ2n) is 6.91. The van der Waals surface area contributed by atoms with Gasteiger partial charge in [0.1, 0.15) is 5.75 Å². The lowest BCUT2D eigenvalue weighted by Crippen LogP contribution is -2.31. The summed E-state index contributed by atoms with van der Waals surface area (Å²) < 4.78 is 35.0. The summed E-state index contributed by atoms with van der Waals surface area (Å²) in [6, 6.07) is 20.5. The van der Waals surface area contributed by atoms with E-state index in [4.69, 9.17) is 4.74 Å². The number of ether oxygens (including phenoxy) is 1. The van der Waals surface area contributed by atoms with Gasteiger partial charge < -0.3 is 4.74 Å². The van der Waals surface area contributed by atoms with Gasteiger partial charge in [-0.3, -0.25) is 0 Å². The summed E-state index contributed by atoms with van der Waals surface area (Å²) in [5.74, 6) is 0.646. The number of aryl methyl sites for hydroxylation is 3. The highest BCUT2D eigenvalue weighted by Gasteiger charge is 2.26. The first-order valence-corrected chi connectivity index (χ1v) is 10.6. The van der Waals surface area contributed by atoms with Crippen molar-refractivity contribution in [3.05, 3.63) is 94.5 Å². The molecule has 3 aromatic rings. The van der Waals surface area contributed by atoms with Gasteiger partial charge in [-0.1, -0.05) is 54.6 Å². The second kappa shape index (κ2) is 8.17. The lowest BCUT2D eigenvalue weighted by molar-refractivity contribution is 0.413. The first kappa shape index (κ1) is 20.1. The fourth-order valence-corrected chi connectivity index (χ4v) is 5.19. The van der Waals surface area contributed by atoms with E-state index in [1.165, 1.54) is 0 Å². The van der Waals surface area contributed by atoms with E-state index in [2.05, 4.69) is 4.72 Å². The molecule has 0 heterocycles. The molecule has 3 aromatic carbocycles. The molecule has 0 aromatic heterocycles. The number of benzene rings is 3. The molecule has 0 unspecified atom stereocenters. The number of nitrogens with one attached hydrogen (secondary N) is 1. The molecule has 0 aliphatic rings. The Morgan fingerprint density at radius 1 is 0.821 bits per heavy atom. The van der Waals surface area contributed by atoms with Crippen LogP contribution in [0.1, 0.15) is 33.9 Å². The van der Waals surface area contributed by atoms with E-state index < -0.39 is 16.1 Å². The van der Waals surface area contributed by atoms with E-state index in [9.17, 15) is 8.42 Å². The average Bonchev–Trinajstić information content (AvgIpc) is 2.66. The minimum atomic E-state index is -3.76. The highest BCUT2D eigenvalue weighted by Crippen LogP contribution is 2.30. The van der Waals surface area contributed by atoms with Crippen LogP contribution >= 0.6 is 0 Å².